The Morgan fingerprint density at radius 2 is 1.94 bits per heavy atom. The Balaban J connectivity index is 2.42. The van der Waals surface area contributed by atoms with Crippen LogP contribution in [0.3, 0.4) is 0 Å². The van der Waals surface area contributed by atoms with Gasteiger partial charge in [0.1, 0.15) is 0 Å². The van der Waals surface area contributed by atoms with Gasteiger partial charge in [0.05, 0.1) is 11.3 Å². The maximum Gasteiger partial charge on any atom is 0.0945 e. The van der Waals surface area contributed by atoms with E-state index in [0.717, 1.165) is 25.1 Å². The van der Waals surface area contributed by atoms with Crippen LogP contribution in [0.1, 0.15) is 42.6 Å². The molecule has 2 rings (SSSR count). The molecule has 1 aliphatic carbocycles. The Morgan fingerprint density at radius 1 is 1.28 bits per heavy atom. The molecular formula is C15H24N2O. The van der Waals surface area contributed by atoms with Crippen molar-refractivity contribution in [1.82, 2.24) is 9.88 Å². The van der Waals surface area contributed by atoms with E-state index in [1.54, 1.807) is 0 Å². The predicted octanol–water partition coefficient (Wildman–Crippen LogP) is 2.87. The van der Waals surface area contributed by atoms with E-state index in [9.17, 15) is 0 Å². The summed E-state index contributed by atoms with van der Waals surface area (Å²) in [5.41, 5.74) is 3.46. The van der Waals surface area contributed by atoms with Crippen molar-refractivity contribution in [2.45, 2.75) is 44.8 Å². The van der Waals surface area contributed by atoms with E-state index >= 15 is 0 Å². The molecule has 3 heteroatoms. The van der Waals surface area contributed by atoms with Gasteiger partial charge in [0.25, 0.3) is 0 Å². The maximum absolute atomic E-state index is 5.89. The smallest absolute Gasteiger partial charge is 0.0945 e. The second-order valence-corrected chi connectivity index (χ2v) is 5.59. The van der Waals surface area contributed by atoms with Crippen LogP contribution >= 0.6 is 0 Å². The lowest BCUT2D eigenvalue weighted by atomic mass is 9.90. The second kappa shape index (κ2) is 5.37. The number of nitrogens with zero attached hydrogens (tertiary/aromatic N) is 2. The normalized spacial score (nSPS) is 18.5. The third-order valence-corrected chi connectivity index (χ3v) is 3.87. The number of aryl methyl sites for hydroxylation is 1. The highest BCUT2D eigenvalue weighted by Gasteiger charge is 2.37. The third-order valence-electron chi connectivity index (χ3n) is 3.87. The minimum absolute atomic E-state index is 0.0912. The zero-order chi connectivity index (χ0) is 13.2. The summed E-state index contributed by atoms with van der Waals surface area (Å²) < 4.78 is 5.89. The number of methoxy groups -OCH3 is 1. The summed E-state index contributed by atoms with van der Waals surface area (Å²) in [6.45, 7) is 2.93. The van der Waals surface area contributed by atoms with Gasteiger partial charge in [0.15, 0.2) is 0 Å². The Kier molecular flexibility index (Phi) is 4.03. The molecule has 0 spiro atoms. The van der Waals surface area contributed by atoms with Crippen LogP contribution in [0.4, 0.5) is 0 Å². The fourth-order valence-corrected chi connectivity index (χ4v) is 2.97. The van der Waals surface area contributed by atoms with Crippen molar-refractivity contribution in [3.05, 3.63) is 29.1 Å². The van der Waals surface area contributed by atoms with Crippen LogP contribution in [0.5, 0.6) is 0 Å². The molecule has 0 amide bonds. The van der Waals surface area contributed by atoms with Gasteiger partial charge in [-0.25, -0.2) is 0 Å². The zero-order valence-corrected chi connectivity index (χ0v) is 12.0. The molecule has 0 radical (unpaired) electrons. The van der Waals surface area contributed by atoms with Crippen molar-refractivity contribution in [1.29, 1.82) is 0 Å². The molecule has 1 fully saturated rings. The standard InChI is InChI=1S/C15H24N2O/c1-12-7-8-13(14(16-12)11-17(2)3)15(18-4)9-5-6-10-15/h7-8H,5-6,9-11H2,1-4H3. The van der Waals surface area contributed by atoms with Crippen LogP contribution in [-0.2, 0) is 16.9 Å². The summed E-state index contributed by atoms with van der Waals surface area (Å²) in [6.07, 6.45) is 4.75. The molecule has 1 heterocycles. The van der Waals surface area contributed by atoms with Gasteiger partial charge >= 0.3 is 0 Å². The van der Waals surface area contributed by atoms with E-state index in [2.05, 4.69) is 38.1 Å². The molecule has 1 saturated carbocycles. The Morgan fingerprint density at radius 3 is 2.50 bits per heavy atom. The van der Waals surface area contributed by atoms with Crippen LogP contribution in [0, 0.1) is 6.92 Å². The predicted molar refractivity (Wildman–Crippen MR) is 73.5 cm³/mol. The van der Waals surface area contributed by atoms with Crippen molar-refractivity contribution in [2.75, 3.05) is 21.2 Å². The van der Waals surface area contributed by atoms with Gasteiger partial charge in [0.2, 0.25) is 0 Å². The van der Waals surface area contributed by atoms with Gasteiger partial charge in [0, 0.05) is 24.9 Å². The van der Waals surface area contributed by atoms with Gasteiger partial charge in [-0.2, -0.15) is 0 Å². The fourth-order valence-electron chi connectivity index (χ4n) is 2.97. The summed E-state index contributed by atoms with van der Waals surface area (Å²) in [5.74, 6) is 0. The lowest BCUT2D eigenvalue weighted by molar-refractivity contribution is -0.0101. The summed E-state index contributed by atoms with van der Waals surface area (Å²) in [7, 11) is 6.01. The van der Waals surface area contributed by atoms with Crippen molar-refractivity contribution in [3.63, 3.8) is 0 Å². The van der Waals surface area contributed by atoms with Gasteiger partial charge in [-0.3, -0.25) is 4.98 Å². The molecule has 100 valence electrons. The van der Waals surface area contributed by atoms with E-state index in [1.165, 1.54) is 24.1 Å². The average molecular weight is 248 g/mol. The molecule has 3 nitrogen and oxygen atoms in total. The highest BCUT2D eigenvalue weighted by molar-refractivity contribution is 5.30. The summed E-state index contributed by atoms with van der Waals surface area (Å²) in [4.78, 5) is 6.90. The number of ether oxygens (including phenoxy) is 1. The van der Waals surface area contributed by atoms with Gasteiger partial charge < -0.3 is 9.64 Å². The van der Waals surface area contributed by atoms with Crippen molar-refractivity contribution in [3.8, 4) is 0 Å². The lowest BCUT2D eigenvalue weighted by Crippen LogP contribution is -2.28. The largest absolute Gasteiger partial charge is 0.373 e. The van der Waals surface area contributed by atoms with E-state index < -0.39 is 0 Å². The minimum Gasteiger partial charge on any atom is -0.373 e. The molecule has 1 aliphatic rings. The summed E-state index contributed by atoms with van der Waals surface area (Å²) in [5, 5.41) is 0. The molecule has 0 aromatic carbocycles. The molecule has 0 atom stereocenters. The minimum atomic E-state index is -0.0912. The lowest BCUT2D eigenvalue weighted by Gasteiger charge is -2.30. The van der Waals surface area contributed by atoms with E-state index in [-0.39, 0.29) is 5.60 Å². The van der Waals surface area contributed by atoms with Gasteiger partial charge in [-0.15, -0.1) is 0 Å². The average Bonchev–Trinajstić information content (AvgIpc) is 2.78. The molecule has 1 aromatic heterocycles. The second-order valence-electron chi connectivity index (χ2n) is 5.59. The quantitative estimate of drug-likeness (QED) is 0.819. The van der Waals surface area contributed by atoms with Crippen LogP contribution in [0.25, 0.3) is 0 Å². The Labute approximate surface area is 110 Å². The number of hydrogen-bond donors (Lipinski definition) is 0. The Hall–Kier alpha value is -0.930. The molecule has 0 unspecified atom stereocenters. The Bertz CT molecular complexity index is 409. The highest BCUT2D eigenvalue weighted by Crippen LogP contribution is 2.42. The van der Waals surface area contributed by atoms with Crippen LogP contribution < -0.4 is 0 Å². The number of rotatable bonds is 4. The van der Waals surface area contributed by atoms with Crippen molar-refractivity contribution >= 4 is 0 Å². The van der Waals surface area contributed by atoms with Crippen molar-refractivity contribution < 1.29 is 4.74 Å². The summed E-state index contributed by atoms with van der Waals surface area (Å²) in [6, 6.07) is 4.32. The van der Waals surface area contributed by atoms with Gasteiger partial charge in [-0.1, -0.05) is 18.9 Å². The first-order chi connectivity index (χ1) is 8.57. The zero-order valence-electron chi connectivity index (χ0n) is 12.0. The molecule has 18 heavy (non-hydrogen) atoms. The first-order valence-corrected chi connectivity index (χ1v) is 6.74. The van der Waals surface area contributed by atoms with E-state index in [1.807, 2.05) is 7.11 Å². The fraction of sp³-hybridized carbons (Fsp3) is 0.667. The molecule has 0 saturated heterocycles. The van der Waals surface area contributed by atoms with Crippen molar-refractivity contribution in [2.24, 2.45) is 0 Å². The maximum atomic E-state index is 5.89. The third kappa shape index (κ3) is 2.57. The molecule has 1 aromatic rings. The summed E-state index contributed by atoms with van der Waals surface area (Å²) >= 11 is 0. The SMILES string of the molecule is COC1(c2ccc(C)nc2CN(C)C)CCCC1. The first kappa shape index (κ1) is 13.5. The first-order valence-electron chi connectivity index (χ1n) is 6.74. The highest BCUT2D eigenvalue weighted by atomic mass is 16.5. The van der Waals surface area contributed by atoms with Crippen LogP contribution in [0.2, 0.25) is 0 Å². The number of pyridine rings is 1. The van der Waals surface area contributed by atoms with E-state index in [0.29, 0.717) is 0 Å². The molecule has 0 bridgehead atoms. The van der Waals surface area contributed by atoms with Crippen LogP contribution in [-0.4, -0.2) is 31.1 Å². The number of aromatic nitrogens is 1. The van der Waals surface area contributed by atoms with Gasteiger partial charge in [-0.05, 0) is 39.9 Å². The molecule has 0 N–H and O–H groups in total. The topological polar surface area (TPSA) is 25.4 Å². The van der Waals surface area contributed by atoms with Crippen LogP contribution in [0.15, 0.2) is 12.1 Å². The molecule has 0 aliphatic heterocycles. The number of hydrogen-bond acceptors (Lipinski definition) is 3. The molecular weight excluding hydrogens is 224 g/mol. The monoisotopic (exact) mass is 248 g/mol. The van der Waals surface area contributed by atoms with E-state index in [4.69, 9.17) is 9.72 Å².